The van der Waals surface area contributed by atoms with Gasteiger partial charge in [-0.1, -0.05) is 24.6 Å². The van der Waals surface area contributed by atoms with Crippen molar-refractivity contribution in [3.8, 4) is 0 Å². The molecule has 1 saturated heterocycles. The molecule has 0 amide bonds. The molecule has 1 unspecified atom stereocenters. The van der Waals surface area contributed by atoms with Gasteiger partial charge in [0.2, 0.25) is 5.79 Å². The molecule has 4 rings (SSSR count). The van der Waals surface area contributed by atoms with Crippen LogP contribution in [-0.4, -0.2) is 30.2 Å². The Balaban J connectivity index is 2.25. The van der Waals surface area contributed by atoms with Crippen molar-refractivity contribution in [3.63, 3.8) is 0 Å². The van der Waals surface area contributed by atoms with Gasteiger partial charge in [0.15, 0.2) is 0 Å². The molecule has 94 valence electrons. The van der Waals surface area contributed by atoms with Gasteiger partial charge in [-0.2, -0.15) is 0 Å². The Bertz CT molecular complexity index is 416. The van der Waals surface area contributed by atoms with Gasteiger partial charge in [0.1, 0.15) is 5.60 Å². The van der Waals surface area contributed by atoms with Crippen molar-refractivity contribution in [2.24, 2.45) is 17.3 Å². The molecule has 5 atom stereocenters. The number of aliphatic hydroxyl groups is 1. The van der Waals surface area contributed by atoms with Crippen LogP contribution in [0.5, 0.6) is 0 Å². The molecule has 1 aliphatic heterocycles. The lowest BCUT2D eigenvalue weighted by atomic mass is 9.51. The summed E-state index contributed by atoms with van der Waals surface area (Å²) < 4.78 is 11.6. The van der Waals surface area contributed by atoms with Gasteiger partial charge in [-0.15, -0.1) is 6.58 Å². The van der Waals surface area contributed by atoms with E-state index in [4.69, 9.17) is 9.47 Å². The van der Waals surface area contributed by atoms with Crippen LogP contribution in [-0.2, 0) is 9.47 Å². The van der Waals surface area contributed by atoms with E-state index in [-0.39, 0.29) is 17.3 Å². The number of methoxy groups -OCH3 is 1. The van der Waals surface area contributed by atoms with Crippen molar-refractivity contribution < 1.29 is 14.6 Å². The van der Waals surface area contributed by atoms with Gasteiger partial charge in [-0.25, -0.2) is 0 Å². The van der Waals surface area contributed by atoms with Crippen molar-refractivity contribution >= 4 is 0 Å². The lowest BCUT2D eigenvalue weighted by Crippen LogP contribution is -2.68. The van der Waals surface area contributed by atoms with E-state index in [1.54, 1.807) is 13.2 Å². The molecule has 1 heterocycles. The van der Waals surface area contributed by atoms with Crippen molar-refractivity contribution in [1.82, 2.24) is 0 Å². The number of rotatable bonds is 2. The van der Waals surface area contributed by atoms with Crippen LogP contribution < -0.4 is 0 Å². The normalized spacial score (nSPS) is 55.9. The highest BCUT2D eigenvalue weighted by atomic mass is 16.7. The van der Waals surface area contributed by atoms with Gasteiger partial charge in [-0.3, -0.25) is 0 Å². The zero-order valence-electron chi connectivity index (χ0n) is 10.7. The van der Waals surface area contributed by atoms with Crippen molar-refractivity contribution in [1.29, 1.82) is 0 Å². The summed E-state index contributed by atoms with van der Waals surface area (Å²) in [4.78, 5) is 0. The van der Waals surface area contributed by atoms with E-state index < -0.39 is 11.4 Å². The Labute approximate surface area is 102 Å². The lowest BCUT2D eigenvalue weighted by Gasteiger charge is -2.58. The van der Waals surface area contributed by atoms with Gasteiger partial charge >= 0.3 is 0 Å². The highest BCUT2D eigenvalue weighted by Gasteiger charge is 2.74. The first kappa shape index (κ1) is 11.5. The fourth-order valence-corrected chi connectivity index (χ4v) is 4.42. The number of hydrogen-bond donors (Lipinski definition) is 1. The summed E-state index contributed by atoms with van der Waals surface area (Å²) in [7, 11) is 1.62. The maximum atomic E-state index is 10.9. The van der Waals surface area contributed by atoms with Gasteiger partial charge in [0, 0.05) is 24.4 Å². The van der Waals surface area contributed by atoms with Crippen LogP contribution >= 0.6 is 0 Å². The summed E-state index contributed by atoms with van der Waals surface area (Å²) in [6, 6.07) is 0. The first-order chi connectivity index (χ1) is 7.93. The van der Waals surface area contributed by atoms with E-state index in [2.05, 4.69) is 26.5 Å². The molecule has 2 fully saturated rings. The van der Waals surface area contributed by atoms with Crippen LogP contribution in [0, 0.1) is 17.3 Å². The van der Waals surface area contributed by atoms with Crippen LogP contribution in [0.15, 0.2) is 24.3 Å². The molecule has 4 bridgehead atoms. The second-order valence-corrected chi connectivity index (χ2v) is 6.00. The molecule has 0 aromatic heterocycles. The van der Waals surface area contributed by atoms with E-state index in [0.29, 0.717) is 6.61 Å². The molecule has 1 N–H and O–H groups in total. The van der Waals surface area contributed by atoms with Crippen LogP contribution in [0.4, 0.5) is 0 Å². The highest BCUT2D eigenvalue weighted by Crippen LogP contribution is 2.66. The van der Waals surface area contributed by atoms with E-state index in [0.717, 1.165) is 6.42 Å². The van der Waals surface area contributed by atoms with E-state index in [1.165, 1.54) is 5.57 Å². The predicted octanol–water partition coefficient (Wildman–Crippen LogP) is 1.88. The standard InChI is InChI=1S/C14H20O3/c1-5-13(15)10-6-9(2)11-12(3,7-10)8-17-14(11,13)16-4/h5-6,10-11,15H,1,7-8H2,2-4H3/t10-,11+,12+,13?,14-/m1/s1. The average molecular weight is 236 g/mol. The third-order valence-corrected chi connectivity index (χ3v) is 5.04. The summed E-state index contributed by atoms with van der Waals surface area (Å²) in [5, 5.41) is 10.9. The first-order valence-electron chi connectivity index (χ1n) is 6.17. The zero-order chi connectivity index (χ0) is 12.5. The molecular weight excluding hydrogens is 216 g/mol. The van der Waals surface area contributed by atoms with Crippen LogP contribution in [0.25, 0.3) is 0 Å². The molecular formula is C14H20O3. The van der Waals surface area contributed by atoms with Crippen LogP contribution in [0.2, 0.25) is 0 Å². The summed E-state index contributed by atoms with van der Waals surface area (Å²) in [6.07, 6.45) is 4.70. The van der Waals surface area contributed by atoms with Crippen LogP contribution in [0.3, 0.4) is 0 Å². The minimum absolute atomic E-state index is 0.0393. The maximum absolute atomic E-state index is 10.9. The second-order valence-electron chi connectivity index (χ2n) is 6.00. The molecule has 0 spiro atoms. The molecule has 3 aliphatic carbocycles. The minimum Gasteiger partial charge on any atom is -0.379 e. The van der Waals surface area contributed by atoms with Gasteiger partial charge in [0.25, 0.3) is 0 Å². The highest BCUT2D eigenvalue weighted by molar-refractivity contribution is 5.36. The summed E-state index contributed by atoms with van der Waals surface area (Å²) >= 11 is 0. The first-order valence-corrected chi connectivity index (χ1v) is 6.17. The smallest absolute Gasteiger partial charge is 0.208 e. The Hall–Kier alpha value is -0.640. The second kappa shape index (κ2) is 3.02. The molecule has 0 aromatic rings. The van der Waals surface area contributed by atoms with Crippen LogP contribution in [0.1, 0.15) is 20.3 Å². The predicted molar refractivity (Wildman–Crippen MR) is 64.3 cm³/mol. The SMILES string of the molecule is C=CC1(O)[C@@H]2C=C(C)[C@H]3[C@](C)(CO[C@]31OC)C2. The lowest BCUT2D eigenvalue weighted by molar-refractivity contribution is -0.312. The quantitative estimate of drug-likeness (QED) is 0.744. The third-order valence-electron chi connectivity index (χ3n) is 5.04. The Kier molecular flexibility index (Phi) is 2.04. The van der Waals surface area contributed by atoms with Crippen molar-refractivity contribution in [3.05, 3.63) is 24.3 Å². The molecule has 3 nitrogen and oxygen atoms in total. The largest absolute Gasteiger partial charge is 0.379 e. The topological polar surface area (TPSA) is 38.7 Å². The molecule has 17 heavy (non-hydrogen) atoms. The fourth-order valence-electron chi connectivity index (χ4n) is 4.42. The zero-order valence-corrected chi connectivity index (χ0v) is 10.7. The third kappa shape index (κ3) is 1.00. The molecule has 1 saturated carbocycles. The van der Waals surface area contributed by atoms with Crippen molar-refractivity contribution in [2.75, 3.05) is 13.7 Å². The van der Waals surface area contributed by atoms with E-state index in [1.807, 2.05) is 0 Å². The summed E-state index contributed by atoms with van der Waals surface area (Å²) in [5.74, 6) is -0.781. The van der Waals surface area contributed by atoms with E-state index >= 15 is 0 Å². The van der Waals surface area contributed by atoms with E-state index in [9.17, 15) is 5.11 Å². The Morgan fingerprint density at radius 1 is 1.65 bits per heavy atom. The number of hydrogen-bond acceptors (Lipinski definition) is 3. The maximum Gasteiger partial charge on any atom is 0.208 e. The van der Waals surface area contributed by atoms with Gasteiger partial charge in [0.05, 0.1) is 6.61 Å². The van der Waals surface area contributed by atoms with Crippen molar-refractivity contribution in [2.45, 2.75) is 31.7 Å². The van der Waals surface area contributed by atoms with Gasteiger partial charge in [-0.05, 0) is 13.3 Å². The summed E-state index contributed by atoms with van der Waals surface area (Å²) in [6.45, 7) is 8.77. The Morgan fingerprint density at radius 3 is 2.94 bits per heavy atom. The number of ether oxygens (including phenoxy) is 2. The monoisotopic (exact) mass is 236 g/mol. The minimum atomic E-state index is -1.11. The molecule has 3 heteroatoms. The fraction of sp³-hybridized carbons (Fsp3) is 0.714. The summed E-state index contributed by atoms with van der Waals surface area (Å²) in [5.41, 5.74) is 0.242. The molecule has 0 radical (unpaired) electrons. The van der Waals surface area contributed by atoms with Gasteiger partial charge < -0.3 is 14.6 Å². The molecule has 4 aliphatic rings. The Morgan fingerprint density at radius 2 is 2.35 bits per heavy atom. The average Bonchev–Trinajstić information content (AvgIpc) is 2.58. The molecule has 0 aromatic carbocycles.